The van der Waals surface area contributed by atoms with E-state index in [0.717, 1.165) is 18.4 Å². The number of halogens is 1. The summed E-state index contributed by atoms with van der Waals surface area (Å²) < 4.78 is 14.3. The number of hydrogen-bond acceptors (Lipinski definition) is 7. The third kappa shape index (κ3) is 5.70. The number of anilines is 1. The molecule has 1 aliphatic carbocycles. The monoisotopic (exact) mass is 536 g/mol. The second-order valence-corrected chi connectivity index (χ2v) is 10.2. The number of amides is 4. The largest absolute Gasteiger partial charge is 0.364 e. The van der Waals surface area contributed by atoms with Gasteiger partial charge in [0.1, 0.15) is 17.9 Å². The lowest BCUT2D eigenvalue weighted by Gasteiger charge is -2.23. The number of rotatable bonds is 8. The van der Waals surface area contributed by atoms with Crippen LogP contribution in [0.15, 0.2) is 48.0 Å². The van der Waals surface area contributed by atoms with E-state index in [1.54, 1.807) is 41.8 Å². The van der Waals surface area contributed by atoms with Gasteiger partial charge in [0, 0.05) is 35.2 Å². The minimum Gasteiger partial charge on any atom is -0.364 e. The van der Waals surface area contributed by atoms with Crippen molar-refractivity contribution in [2.24, 2.45) is 5.73 Å². The number of thiazole rings is 1. The molecule has 1 aliphatic heterocycles. The Labute approximate surface area is 221 Å². The molecule has 2 fully saturated rings. The van der Waals surface area contributed by atoms with Gasteiger partial charge in [-0.15, -0.1) is 11.3 Å². The molecule has 12 heteroatoms. The Kier molecular flexibility index (Phi) is 7.14. The van der Waals surface area contributed by atoms with E-state index < -0.39 is 29.9 Å². The van der Waals surface area contributed by atoms with E-state index in [-0.39, 0.29) is 37.0 Å². The number of pyridine rings is 1. The number of carbonyl (C=O) groups is 4. The van der Waals surface area contributed by atoms with Crippen LogP contribution in [0.2, 0.25) is 0 Å². The zero-order valence-electron chi connectivity index (χ0n) is 20.2. The molecule has 3 heterocycles. The van der Waals surface area contributed by atoms with Crippen molar-refractivity contribution >= 4 is 40.1 Å². The minimum absolute atomic E-state index is 0.0373. The molecule has 5 rings (SSSR count). The van der Waals surface area contributed by atoms with E-state index in [1.165, 1.54) is 22.4 Å². The number of benzene rings is 1. The average molecular weight is 537 g/mol. The van der Waals surface area contributed by atoms with Crippen LogP contribution in [0.1, 0.15) is 45.7 Å². The first-order chi connectivity index (χ1) is 18.3. The van der Waals surface area contributed by atoms with Gasteiger partial charge in [0.05, 0.1) is 18.7 Å². The number of aromatic nitrogens is 2. The van der Waals surface area contributed by atoms with Gasteiger partial charge < -0.3 is 21.3 Å². The van der Waals surface area contributed by atoms with Gasteiger partial charge in [-0.3, -0.25) is 24.2 Å². The van der Waals surface area contributed by atoms with Crippen molar-refractivity contribution in [1.82, 2.24) is 20.2 Å². The number of nitrogens with zero attached hydrogens (tertiary/aromatic N) is 3. The summed E-state index contributed by atoms with van der Waals surface area (Å²) in [5.41, 5.74) is 7.55. The van der Waals surface area contributed by atoms with Gasteiger partial charge in [-0.2, -0.15) is 0 Å². The van der Waals surface area contributed by atoms with Crippen LogP contribution in [0, 0.1) is 0 Å². The molecule has 38 heavy (non-hydrogen) atoms. The maximum absolute atomic E-state index is 14.3. The van der Waals surface area contributed by atoms with E-state index in [1.807, 2.05) is 0 Å². The third-order valence-electron chi connectivity index (χ3n) is 6.43. The highest BCUT2D eigenvalue weighted by Crippen LogP contribution is 2.28. The molecular formula is C26H25FN6O4S. The van der Waals surface area contributed by atoms with Crippen LogP contribution in [0.3, 0.4) is 0 Å². The molecule has 0 spiro atoms. The number of alkyl halides is 1. The molecule has 1 saturated heterocycles. The maximum Gasteiger partial charge on any atom is 0.267 e. The predicted octanol–water partition coefficient (Wildman–Crippen LogP) is 2.32. The van der Waals surface area contributed by atoms with Crippen LogP contribution < -0.4 is 16.4 Å². The molecule has 0 bridgehead atoms. The maximum atomic E-state index is 14.3. The molecule has 3 aromatic rings. The Morgan fingerprint density at radius 3 is 2.61 bits per heavy atom. The normalized spacial score (nSPS) is 18.7. The summed E-state index contributed by atoms with van der Waals surface area (Å²) in [6.07, 6.45) is 1.67. The van der Waals surface area contributed by atoms with Crippen molar-refractivity contribution in [3.63, 3.8) is 0 Å². The van der Waals surface area contributed by atoms with Crippen LogP contribution >= 0.6 is 11.3 Å². The molecule has 1 aromatic carbocycles. The highest BCUT2D eigenvalue weighted by Gasteiger charge is 2.40. The average Bonchev–Trinajstić information content (AvgIpc) is 3.43. The Balaban J connectivity index is 1.23. The fraction of sp³-hybridized carbons (Fsp3) is 0.308. The molecule has 4 amide bonds. The van der Waals surface area contributed by atoms with E-state index in [4.69, 9.17) is 5.73 Å². The zero-order chi connectivity index (χ0) is 26.8. The lowest BCUT2D eigenvalue weighted by molar-refractivity contribution is -0.136. The Bertz CT molecular complexity index is 1390. The molecule has 1 saturated carbocycles. The van der Waals surface area contributed by atoms with Crippen LogP contribution in [-0.2, 0) is 16.0 Å². The van der Waals surface area contributed by atoms with E-state index in [2.05, 4.69) is 20.6 Å². The van der Waals surface area contributed by atoms with Crippen LogP contribution in [0.5, 0.6) is 0 Å². The third-order valence-corrected chi connectivity index (χ3v) is 7.19. The number of likely N-dealkylation sites (tertiary alicyclic amines) is 1. The minimum atomic E-state index is -1.36. The zero-order valence-corrected chi connectivity index (χ0v) is 21.0. The first-order valence-corrected chi connectivity index (χ1v) is 13.0. The van der Waals surface area contributed by atoms with Crippen molar-refractivity contribution < 1.29 is 23.6 Å². The van der Waals surface area contributed by atoms with Gasteiger partial charge in [-0.1, -0.05) is 18.2 Å². The molecule has 196 valence electrons. The first-order valence-electron chi connectivity index (χ1n) is 12.1. The van der Waals surface area contributed by atoms with Gasteiger partial charge in [0.25, 0.3) is 11.8 Å². The summed E-state index contributed by atoms with van der Waals surface area (Å²) in [5, 5.41) is 7.69. The second-order valence-electron chi connectivity index (χ2n) is 9.30. The lowest BCUT2D eigenvalue weighted by Crippen LogP contribution is -2.44. The highest BCUT2D eigenvalue weighted by atomic mass is 32.1. The molecule has 4 N–H and O–H groups in total. The molecule has 0 unspecified atom stereocenters. The lowest BCUT2D eigenvalue weighted by atomic mass is 10.1. The summed E-state index contributed by atoms with van der Waals surface area (Å²) >= 11 is 1.20. The van der Waals surface area contributed by atoms with Gasteiger partial charge >= 0.3 is 0 Å². The van der Waals surface area contributed by atoms with E-state index >= 15 is 0 Å². The first kappa shape index (κ1) is 25.5. The number of hydrogen-bond donors (Lipinski definition) is 3. The van der Waals surface area contributed by atoms with Crippen LogP contribution in [0.25, 0.3) is 11.3 Å². The summed E-state index contributed by atoms with van der Waals surface area (Å²) in [6.45, 7) is -0.229. The number of primary amides is 1. The summed E-state index contributed by atoms with van der Waals surface area (Å²) in [6, 6.07) is 9.37. The highest BCUT2D eigenvalue weighted by molar-refractivity contribution is 7.14. The quantitative estimate of drug-likeness (QED) is 0.403. The van der Waals surface area contributed by atoms with Crippen molar-refractivity contribution in [1.29, 1.82) is 0 Å². The van der Waals surface area contributed by atoms with Crippen LogP contribution in [-0.4, -0.2) is 63.3 Å². The summed E-state index contributed by atoms with van der Waals surface area (Å²) in [7, 11) is 0. The van der Waals surface area contributed by atoms with Crippen molar-refractivity contribution in [3.05, 3.63) is 64.8 Å². The number of nitrogens with one attached hydrogen (secondary N) is 2. The fourth-order valence-electron chi connectivity index (χ4n) is 4.32. The van der Waals surface area contributed by atoms with E-state index in [0.29, 0.717) is 22.0 Å². The Morgan fingerprint density at radius 2 is 1.89 bits per heavy atom. The van der Waals surface area contributed by atoms with Crippen LogP contribution in [0.4, 0.5) is 9.52 Å². The van der Waals surface area contributed by atoms with Crippen molar-refractivity contribution in [3.8, 4) is 11.3 Å². The van der Waals surface area contributed by atoms with Gasteiger partial charge in [-0.05, 0) is 36.6 Å². The molecule has 2 atom stereocenters. The van der Waals surface area contributed by atoms with E-state index in [9.17, 15) is 23.6 Å². The number of nitrogens with two attached hydrogens (primary N) is 1. The van der Waals surface area contributed by atoms with Crippen molar-refractivity contribution in [2.45, 2.75) is 43.9 Å². The Hall–Kier alpha value is -4.19. The molecule has 10 nitrogen and oxygen atoms in total. The topological polar surface area (TPSA) is 147 Å². The van der Waals surface area contributed by atoms with Gasteiger partial charge in [0.2, 0.25) is 11.8 Å². The van der Waals surface area contributed by atoms with Crippen molar-refractivity contribution in [2.75, 3.05) is 11.9 Å². The molecule has 2 aliphatic rings. The standard InChI is InChI=1S/C26H25FN6O4S/c27-17-11-20(33(12-17)21(34)10-16-2-1-9-29-22(16)23(28)35)25(37)32-26-31-19(13-38-26)14-3-5-15(6-4-14)24(36)30-18-7-8-18/h1-6,9,13,17-18,20H,7-8,10-12H2,(H2,28,35)(H,30,36)(H,31,32,37)/t17-,20-/m0/s1. The smallest absolute Gasteiger partial charge is 0.267 e. The summed E-state index contributed by atoms with van der Waals surface area (Å²) in [4.78, 5) is 59.4. The van der Waals surface area contributed by atoms with Gasteiger partial charge in [0.15, 0.2) is 5.13 Å². The Morgan fingerprint density at radius 1 is 1.13 bits per heavy atom. The SMILES string of the molecule is NC(=O)c1ncccc1CC(=O)N1C[C@@H](F)C[C@H]1C(=O)Nc1nc(-c2ccc(C(=O)NC3CC3)cc2)cs1. The fourth-order valence-corrected chi connectivity index (χ4v) is 5.04. The second kappa shape index (κ2) is 10.7. The molecule has 2 aromatic heterocycles. The predicted molar refractivity (Wildman–Crippen MR) is 138 cm³/mol. The number of carbonyl (C=O) groups excluding carboxylic acids is 4. The van der Waals surface area contributed by atoms with Gasteiger partial charge in [-0.25, -0.2) is 9.37 Å². The summed E-state index contributed by atoms with van der Waals surface area (Å²) in [5.74, 6) is -1.94. The molecule has 0 radical (unpaired) electrons. The molecular weight excluding hydrogens is 511 g/mol.